The van der Waals surface area contributed by atoms with Crippen molar-refractivity contribution in [3.05, 3.63) is 48.0 Å². The number of fused-ring (bicyclic) bond motifs is 1. The molecule has 2 aromatic carbocycles. The van der Waals surface area contributed by atoms with Crippen LogP contribution in [0, 0.1) is 0 Å². The molecule has 1 aliphatic rings. The van der Waals surface area contributed by atoms with Crippen molar-refractivity contribution < 1.29 is 22.7 Å². The van der Waals surface area contributed by atoms with Gasteiger partial charge in [-0.05, 0) is 47.4 Å². The summed E-state index contributed by atoms with van der Waals surface area (Å²) < 4.78 is 37.4. The van der Waals surface area contributed by atoms with Crippen molar-refractivity contribution in [2.45, 2.75) is 32.3 Å². The van der Waals surface area contributed by atoms with Gasteiger partial charge in [0.1, 0.15) is 16.5 Å². The number of nitrogens with zero attached hydrogens (tertiary/aromatic N) is 3. The van der Waals surface area contributed by atoms with Gasteiger partial charge in [0, 0.05) is 5.56 Å². The Kier molecular flexibility index (Phi) is 6.26. The van der Waals surface area contributed by atoms with Gasteiger partial charge in [-0.1, -0.05) is 38.2 Å². The van der Waals surface area contributed by atoms with E-state index in [0.717, 1.165) is 23.1 Å². The van der Waals surface area contributed by atoms with E-state index in [1.165, 1.54) is 15.6 Å². The summed E-state index contributed by atoms with van der Waals surface area (Å²) in [6, 6.07) is 12.7. The number of ether oxygens (including phenoxy) is 2. The number of sulfonamides is 1. The van der Waals surface area contributed by atoms with Crippen molar-refractivity contribution >= 4 is 38.1 Å². The molecule has 2 heterocycles. The van der Waals surface area contributed by atoms with E-state index in [4.69, 9.17) is 9.47 Å². The second-order valence-corrected chi connectivity index (χ2v) is 11.8. The minimum Gasteiger partial charge on any atom is -0.497 e. The number of rotatable bonds is 5. The van der Waals surface area contributed by atoms with Crippen LogP contribution < -0.4 is 19.1 Å². The summed E-state index contributed by atoms with van der Waals surface area (Å²) in [5.74, 6) is 0.555. The fraction of sp³-hybridized carbons (Fsp3) is 0.348. The molecule has 1 amide bonds. The zero-order chi connectivity index (χ0) is 24.7. The molecule has 1 atom stereocenters. The average Bonchev–Trinajstić information content (AvgIpc) is 3.25. The molecule has 1 N–H and O–H groups in total. The van der Waals surface area contributed by atoms with E-state index < -0.39 is 22.0 Å². The van der Waals surface area contributed by atoms with Crippen LogP contribution in [0.2, 0.25) is 0 Å². The first-order chi connectivity index (χ1) is 16.0. The normalized spacial score (nSPS) is 15.9. The van der Waals surface area contributed by atoms with Gasteiger partial charge < -0.3 is 9.47 Å². The van der Waals surface area contributed by atoms with E-state index in [0.29, 0.717) is 21.6 Å². The predicted molar refractivity (Wildman–Crippen MR) is 132 cm³/mol. The van der Waals surface area contributed by atoms with Crippen LogP contribution in [0.4, 0.5) is 10.8 Å². The number of methoxy groups -OCH3 is 1. The number of hydrogen-bond acceptors (Lipinski definition) is 8. The van der Waals surface area contributed by atoms with Crippen molar-refractivity contribution in [2.75, 3.05) is 29.5 Å². The molecule has 1 aliphatic heterocycles. The Morgan fingerprint density at radius 2 is 1.88 bits per heavy atom. The van der Waals surface area contributed by atoms with E-state index in [1.807, 2.05) is 51.1 Å². The second kappa shape index (κ2) is 8.88. The highest BCUT2D eigenvalue weighted by atomic mass is 32.2. The van der Waals surface area contributed by atoms with Gasteiger partial charge in [0.2, 0.25) is 15.2 Å². The standard InChI is InChI=1S/C23H26N4O5S2/c1-23(2,3)15-8-11-18-17(12-15)27(34(5,29)30)13-19(32-18)20(28)24-22-26-25-21(33-22)14-6-9-16(31-4)10-7-14/h6-12,19H,13H2,1-5H3,(H,24,26,28). The number of nitrogens with one attached hydrogen (secondary N) is 1. The molecule has 11 heteroatoms. The molecular formula is C23H26N4O5S2. The van der Waals surface area contributed by atoms with E-state index in [-0.39, 0.29) is 12.0 Å². The predicted octanol–water partition coefficient (Wildman–Crippen LogP) is 3.68. The van der Waals surface area contributed by atoms with Crippen LogP contribution in [-0.4, -0.2) is 50.5 Å². The van der Waals surface area contributed by atoms with Crippen molar-refractivity contribution in [1.29, 1.82) is 0 Å². The van der Waals surface area contributed by atoms with Gasteiger partial charge in [-0.25, -0.2) is 8.42 Å². The zero-order valence-electron chi connectivity index (χ0n) is 19.5. The van der Waals surface area contributed by atoms with Crippen LogP contribution in [0.1, 0.15) is 26.3 Å². The van der Waals surface area contributed by atoms with Crippen molar-refractivity contribution in [3.63, 3.8) is 0 Å². The Bertz CT molecular complexity index is 1310. The molecule has 3 aromatic rings. The Morgan fingerprint density at radius 3 is 2.50 bits per heavy atom. The van der Waals surface area contributed by atoms with Gasteiger partial charge in [-0.3, -0.25) is 14.4 Å². The number of carbonyl (C=O) groups is 1. The summed E-state index contributed by atoms with van der Waals surface area (Å²) in [5.41, 5.74) is 2.05. The molecule has 9 nitrogen and oxygen atoms in total. The van der Waals surface area contributed by atoms with E-state index in [1.54, 1.807) is 19.2 Å². The van der Waals surface area contributed by atoms with E-state index >= 15 is 0 Å². The van der Waals surface area contributed by atoms with Crippen molar-refractivity contribution in [2.24, 2.45) is 0 Å². The fourth-order valence-electron chi connectivity index (χ4n) is 3.48. The summed E-state index contributed by atoms with van der Waals surface area (Å²) in [7, 11) is -2.05. The number of benzene rings is 2. The van der Waals surface area contributed by atoms with Crippen LogP contribution in [0.15, 0.2) is 42.5 Å². The molecule has 0 radical (unpaired) electrons. The molecule has 180 valence electrons. The van der Waals surface area contributed by atoms with Gasteiger partial charge in [-0.15, -0.1) is 10.2 Å². The van der Waals surface area contributed by atoms with Gasteiger partial charge in [0.25, 0.3) is 5.91 Å². The van der Waals surface area contributed by atoms with Gasteiger partial charge in [0.15, 0.2) is 6.10 Å². The topological polar surface area (TPSA) is 111 Å². The molecule has 0 aliphatic carbocycles. The lowest BCUT2D eigenvalue weighted by Gasteiger charge is -2.35. The highest BCUT2D eigenvalue weighted by Crippen LogP contribution is 2.39. The number of carbonyl (C=O) groups excluding carboxylic acids is 1. The number of anilines is 2. The molecule has 0 saturated carbocycles. The number of amides is 1. The van der Waals surface area contributed by atoms with E-state index in [9.17, 15) is 13.2 Å². The lowest BCUT2D eigenvalue weighted by Crippen LogP contribution is -2.48. The van der Waals surface area contributed by atoms with Gasteiger partial charge in [0.05, 0.1) is 25.6 Å². The summed E-state index contributed by atoms with van der Waals surface area (Å²) in [5, 5.41) is 11.8. The Balaban J connectivity index is 1.55. The minimum absolute atomic E-state index is 0.143. The molecule has 0 bridgehead atoms. The first kappa shape index (κ1) is 24.0. The molecule has 4 rings (SSSR count). The van der Waals surface area contributed by atoms with Crippen LogP contribution >= 0.6 is 11.3 Å². The lowest BCUT2D eigenvalue weighted by molar-refractivity contribution is -0.122. The third kappa shape index (κ3) is 5.00. The molecule has 0 fully saturated rings. The molecule has 0 spiro atoms. The van der Waals surface area contributed by atoms with Gasteiger partial charge >= 0.3 is 0 Å². The molecule has 1 aromatic heterocycles. The Labute approximate surface area is 202 Å². The van der Waals surface area contributed by atoms with E-state index in [2.05, 4.69) is 15.5 Å². The third-order valence-corrected chi connectivity index (χ3v) is 7.41. The number of aromatic nitrogens is 2. The third-order valence-electron chi connectivity index (χ3n) is 5.38. The first-order valence-corrected chi connectivity index (χ1v) is 13.2. The van der Waals surface area contributed by atoms with Crippen molar-refractivity contribution in [3.8, 4) is 22.1 Å². The smallest absolute Gasteiger partial charge is 0.269 e. The van der Waals surface area contributed by atoms with Crippen LogP contribution in [0.3, 0.4) is 0 Å². The molecule has 1 unspecified atom stereocenters. The van der Waals surface area contributed by atoms with Crippen LogP contribution in [-0.2, 0) is 20.2 Å². The maximum absolute atomic E-state index is 13.0. The molecule has 0 saturated heterocycles. The number of hydrogen-bond donors (Lipinski definition) is 1. The average molecular weight is 503 g/mol. The largest absolute Gasteiger partial charge is 0.497 e. The maximum atomic E-state index is 13.0. The van der Waals surface area contributed by atoms with Crippen molar-refractivity contribution in [1.82, 2.24) is 10.2 Å². The lowest BCUT2D eigenvalue weighted by atomic mass is 9.86. The van der Waals surface area contributed by atoms with Crippen LogP contribution in [0.25, 0.3) is 10.6 Å². The SMILES string of the molecule is COc1ccc(-c2nnc(NC(=O)C3CN(S(C)(=O)=O)c4cc(C(C)(C)C)ccc4O3)s2)cc1. The fourth-order valence-corrected chi connectivity index (χ4v) is 5.14. The Hall–Kier alpha value is -3.18. The second-order valence-electron chi connectivity index (χ2n) is 8.96. The minimum atomic E-state index is -3.64. The summed E-state index contributed by atoms with van der Waals surface area (Å²) in [6.45, 7) is 5.99. The monoisotopic (exact) mass is 502 g/mol. The Morgan fingerprint density at radius 1 is 1.18 bits per heavy atom. The van der Waals surface area contributed by atoms with Crippen LogP contribution in [0.5, 0.6) is 11.5 Å². The molecule has 34 heavy (non-hydrogen) atoms. The maximum Gasteiger partial charge on any atom is 0.269 e. The van der Waals surface area contributed by atoms with Gasteiger partial charge in [-0.2, -0.15) is 0 Å². The molecular weight excluding hydrogens is 476 g/mol. The first-order valence-electron chi connectivity index (χ1n) is 10.5. The highest BCUT2D eigenvalue weighted by molar-refractivity contribution is 7.92. The summed E-state index contributed by atoms with van der Waals surface area (Å²) >= 11 is 1.21. The highest BCUT2D eigenvalue weighted by Gasteiger charge is 2.36. The quantitative estimate of drug-likeness (QED) is 0.567. The summed E-state index contributed by atoms with van der Waals surface area (Å²) in [6.07, 6.45) is 0.0724. The zero-order valence-corrected chi connectivity index (χ0v) is 21.2. The summed E-state index contributed by atoms with van der Waals surface area (Å²) in [4.78, 5) is 13.0.